The van der Waals surface area contributed by atoms with Crippen LogP contribution in [0.15, 0.2) is 53.1 Å². The standard InChI is InChI=1S/C20H22N4O5S/c1-14-5-4-6-15(11-14)20-22-19(29-23-20)12-21-18(25)13-24(30(3,26)27)16-7-9-17(28-2)10-8-16/h4-11H,12-13H2,1-3H3,(H,21,25). The number of methoxy groups -OCH3 is 1. The van der Waals surface area contributed by atoms with Crippen molar-refractivity contribution in [3.05, 3.63) is 60.0 Å². The number of sulfonamides is 1. The average molecular weight is 430 g/mol. The van der Waals surface area contributed by atoms with E-state index in [-0.39, 0.29) is 19.0 Å². The number of anilines is 1. The Morgan fingerprint density at radius 1 is 1.20 bits per heavy atom. The summed E-state index contributed by atoms with van der Waals surface area (Å²) in [7, 11) is -2.16. The van der Waals surface area contributed by atoms with Crippen LogP contribution in [0.5, 0.6) is 5.75 Å². The van der Waals surface area contributed by atoms with Gasteiger partial charge in [-0.1, -0.05) is 28.9 Å². The van der Waals surface area contributed by atoms with Crippen molar-refractivity contribution in [3.63, 3.8) is 0 Å². The van der Waals surface area contributed by atoms with E-state index in [0.717, 1.165) is 21.7 Å². The summed E-state index contributed by atoms with van der Waals surface area (Å²) in [5.41, 5.74) is 2.22. The van der Waals surface area contributed by atoms with Gasteiger partial charge in [0.15, 0.2) is 0 Å². The summed E-state index contributed by atoms with van der Waals surface area (Å²) in [5.74, 6) is 0.707. The van der Waals surface area contributed by atoms with Crippen molar-refractivity contribution in [2.75, 3.05) is 24.2 Å². The van der Waals surface area contributed by atoms with E-state index in [0.29, 0.717) is 17.3 Å². The van der Waals surface area contributed by atoms with Crippen LogP contribution in [0.3, 0.4) is 0 Å². The Morgan fingerprint density at radius 3 is 2.57 bits per heavy atom. The number of rotatable bonds is 8. The molecule has 2 aromatic carbocycles. The summed E-state index contributed by atoms with van der Waals surface area (Å²) in [4.78, 5) is 16.6. The van der Waals surface area contributed by atoms with Crippen molar-refractivity contribution in [1.82, 2.24) is 15.5 Å². The number of aromatic nitrogens is 2. The zero-order valence-corrected chi connectivity index (χ0v) is 17.6. The monoisotopic (exact) mass is 430 g/mol. The molecule has 0 aliphatic rings. The van der Waals surface area contributed by atoms with Gasteiger partial charge in [0.2, 0.25) is 27.6 Å². The van der Waals surface area contributed by atoms with Crippen LogP contribution in [0, 0.1) is 6.92 Å². The fourth-order valence-corrected chi connectivity index (χ4v) is 3.59. The third-order valence-electron chi connectivity index (χ3n) is 4.23. The minimum Gasteiger partial charge on any atom is -0.497 e. The maximum Gasteiger partial charge on any atom is 0.246 e. The lowest BCUT2D eigenvalue weighted by Crippen LogP contribution is -2.40. The highest BCUT2D eigenvalue weighted by Gasteiger charge is 2.21. The average Bonchev–Trinajstić information content (AvgIpc) is 3.19. The van der Waals surface area contributed by atoms with Crippen LogP contribution in [-0.2, 0) is 21.4 Å². The van der Waals surface area contributed by atoms with E-state index >= 15 is 0 Å². The van der Waals surface area contributed by atoms with E-state index in [1.165, 1.54) is 7.11 Å². The minimum absolute atomic E-state index is 0.0160. The van der Waals surface area contributed by atoms with E-state index in [1.807, 2.05) is 31.2 Å². The Hall–Kier alpha value is -3.40. The molecule has 1 N–H and O–H groups in total. The van der Waals surface area contributed by atoms with Crippen LogP contribution >= 0.6 is 0 Å². The van der Waals surface area contributed by atoms with Gasteiger partial charge in [0.05, 0.1) is 25.6 Å². The summed E-state index contributed by atoms with van der Waals surface area (Å²) in [5, 5.41) is 6.52. The van der Waals surface area contributed by atoms with Crippen molar-refractivity contribution < 1.29 is 22.5 Å². The molecule has 0 atom stereocenters. The maximum absolute atomic E-state index is 12.4. The van der Waals surface area contributed by atoms with E-state index in [9.17, 15) is 13.2 Å². The molecule has 0 unspecified atom stereocenters. The van der Waals surface area contributed by atoms with Crippen molar-refractivity contribution in [1.29, 1.82) is 0 Å². The van der Waals surface area contributed by atoms with Gasteiger partial charge in [-0.3, -0.25) is 9.10 Å². The predicted octanol–water partition coefficient (Wildman–Crippen LogP) is 2.14. The Morgan fingerprint density at radius 2 is 1.93 bits per heavy atom. The Balaban J connectivity index is 1.65. The molecule has 0 aliphatic carbocycles. The van der Waals surface area contributed by atoms with Gasteiger partial charge in [-0.15, -0.1) is 0 Å². The molecule has 9 nitrogen and oxygen atoms in total. The number of benzene rings is 2. The van der Waals surface area contributed by atoms with Crippen LogP contribution in [0.2, 0.25) is 0 Å². The highest BCUT2D eigenvalue weighted by atomic mass is 32.2. The Kier molecular flexibility index (Phi) is 6.36. The second-order valence-corrected chi connectivity index (χ2v) is 8.53. The number of nitrogens with zero attached hydrogens (tertiary/aromatic N) is 3. The summed E-state index contributed by atoms with van der Waals surface area (Å²) < 4.78 is 35.6. The van der Waals surface area contributed by atoms with Gasteiger partial charge < -0.3 is 14.6 Å². The SMILES string of the molecule is COc1ccc(N(CC(=O)NCc2nc(-c3cccc(C)c3)no2)S(C)(=O)=O)cc1. The molecule has 0 saturated heterocycles. The van der Waals surface area contributed by atoms with Crippen LogP contribution in [0.25, 0.3) is 11.4 Å². The predicted molar refractivity (Wildman–Crippen MR) is 112 cm³/mol. The summed E-state index contributed by atoms with van der Waals surface area (Å²) >= 11 is 0. The molecule has 0 aliphatic heterocycles. The molecule has 1 aromatic heterocycles. The number of hydrogen-bond donors (Lipinski definition) is 1. The molecular weight excluding hydrogens is 408 g/mol. The van der Waals surface area contributed by atoms with Gasteiger partial charge in [-0.2, -0.15) is 4.98 Å². The summed E-state index contributed by atoms with van der Waals surface area (Å²) in [6.07, 6.45) is 1.04. The molecule has 158 valence electrons. The largest absolute Gasteiger partial charge is 0.497 e. The van der Waals surface area contributed by atoms with E-state index in [2.05, 4.69) is 15.5 Å². The second-order valence-electron chi connectivity index (χ2n) is 6.63. The number of carbonyl (C=O) groups excluding carboxylic acids is 1. The first kappa shape index (κ1) is 21.3. The zero-order valence-electron chi connectivity index (χ0n) is 16.8. The van der Waals surface area contributed by atoms with Gasteiger partial charge in [-0.25, -0.2) is 8.42 Å². The van der Waals surface area contributed by atoms with Gasteiger partial charge in [-0.05, 0) is 37.3 Å². The van der Waals surface area contributed by atoms with E-state index in [1.54, 1.807) is 24.3 Å². The van der Waals surface area contributed by atoms with Crippen molar-refractivity contribution >= 4 is 21.6 Å². The number of ether oxygens (including phenoxy) is 1. The summed E-state index contributed by atoms with van der Waals surface area (Å²) in [6, 6.07) is 14.0. The molecule has 10 heteroatoms. The minimum atomic E-state index is -3.67. The normalized spacial score (nSPS) is 11.2. The fraction of sp³-hybridized carbons (Fsp3) is 0.250. The maximum atomic E-state index is 12.4. The first-order valence-electron chi connectivity index (χ1n) is 9.04. The Bertz CT molecular complexity index is 1130. The molecule has 3 rings (SSSR count). The lowest BCUT2D eigenvalue weighted by molar-refractivity contribution is -0.119. The highest BCUT2D eigenvalue weighted by Crippen LogP contribution is 2.21. The van der Waals surface area contributed by atoms with Crippen LogP contribution in [-0.4, -0.2) is 44.4 Å². The van der Waals surface area contributed by atoms with Gasteiger partial charge in [0.25, 0.3) is 0 Å². The number of hydrogen-bond acceptors (Lipinski definition) is 7. The van der Waals surface area contributed by atoms with Gasteiger partial charge in [0, 0.05) is 5.56 Å². The third-order valence-corrected chi connectivity index (χ3v) is 5.37. The van der Waals surface area contributed by atoms with Crippen molar-refractivity contribution in [3.8, 4) is 17.1 Å². The smallest absolute Gasteiger partial charge is 0.246 e. The zero-order chi connectivity index (χ0) is 21.7. The lowest BCUT2D eigenvalue weighted by Gasteiger charge is -2.21. The number of amides is 1. The van der Waals surface area contributed by atoms with Crippen molar-refractivity contribution in [2.45, 2.75) is 13.5 Å². The molecule has 0 radical (unpaired) electrons. The summed E-state index contributed by atoms with van der Waals surface area (Å²) in [6.45, 7) is 1.56. The lowest BCUT2D eigenvalue weighted by atomic mass is 10.1. The molecular formula is C20H22N4O5S. The van der Waals surface area contributed by atoms with E-state index in [4.69, 9.17) is 9.26 Å². The van der Waals surface area contributed by atoms with Crippen LogP contribution < -0.4 is 14.4 Å². The first-order chi connectivity index (χ1) is 14.3. The topological polar surface area (TPSA) is 115 Å². The molecule has 1 heterocycles. The van der Waals surface area contributed by atoms with Crippen molar-refractivity contribution in [2.24, 2.45) is 0 Å². The molecule has 3 aromatic rings. The number of carbonyl (C=O) groups is 1. The van der Waals surface area contributed by atoms with Crippen LogP contribution in [0.4, 0.5) is 5.69 Å². The Labute approximate surface area is 174 Å². The second kappa shape index (κ2) is 8.95. The van der Waals surface area contributed by atoms with Crippen LogP contribution in [0.1, 0.15) is 11.5 Å². The van der Waals surface area contributed by atoms with E-state index < -0.39 is 15.9 Å². The first-order valence-corrected chi connectivity index (χ1v) is 10.9. The number of aryl methyl sites for hydroxylation is 1. The molecule has 0 bridgehead atoms. The van der Waals surface area contributed by atoms with Gasteiger partial charge in [0.1, 0.15) is 12.3 Å². The molecule has 0 fully saturated rings. The molecule has 1 amide bonds. The highest BCUT2D eigenvalue weighted by molar-refractivity contribution is 7.92. The third kappa shape index (κ3) is 5.35. The quantitative estimate of drug-likeness (QED) is 0.582. The molecule has 0 saturated carbocycles. The number of nitrogens with one attached hydrogen (secondary N) is 1. The molecule has 0 spiro atoms. The molecule has 30 heavy (non-hydrogen) atoms. The van der Waals surface area contributed by atoms with Gasteiger partial charge >= 0.3 is 0 Å². The fourth-order valence-electron chi connectivity index (χ4n) is 2.74.